The number of benzene rings is 1. The molecule has 130 valence electrons. The third-order valence-electron chi connectivity index (χ3n) is 3.71. The van der Waals surface area contributed by atoms with Crippen LogP contribution in [0.1, 0.15) is 19.4 Å². The van der Waals surface area contributed by atoms with Crippen LogP contribution in [0.3, 0.4) is 0 Å². The Kier molecular flexibility index (Phi) is 5.19. The molecule has 6 nitrogen and oxygen atoms in total. The van der Waals surface area contributed by atoms with Gasteiger partial charge in [-0.1, -0.05) is 41.1 Å². The molecule has 0 aliphatic carbocycles. The molecule has 1 saturated heterocycles. The van der Waals surface area contributed by atoms with Gasteiger partial charge in [-0.3, -0.25) is 0 Å². The van der Waals surface area contributed by atoms with Gasteiger partial charge in [-0.25, -0.2) is 8.89 Å². The average molecular weight is 414 g/mol. The van der Waals surface area contributed by atoms with Gasteiger partial charge in [0, 0.05) is 14.8 Å². The van der Waals surface area contributed by atoms with Crippen molar-refractivity contribution in [2.24, 2.45) is 5.41 Å². The Morgan fingerprint density at radius 2 is 2.08 bits per heavy atom. The number of ether oxygens (including phenoxy) is 2. The lowest BCUT2D eigenvalue weighted by molar-refractivity contribution is -0.227. The van der Waals surface area contributed by atoms with Crippen LogP contribution in [0.25, 0.3) is 0 Å². The first-order chi connectivity index (χ1) is 11.3. The molecule has 3 rings (SSSR count). The summed E-state index contributed by atoms with van der Waals surface area (Å²) in [6, 6.07) is 5.69. The van der Waals surface area contributed by atoms with E-state index >= 15 is 0 Å². The van der Waals surface area contributed by atoms with Crippen LogP contribution in [0.2, 0.25) is 0 Å². The molecule has 8 heteroatoms. The molecule has 0 saturated carbocycles. The maximum Gasteiger partial charge on any atom is 0.177 e. The van der Waals surface area contributed by atoms with E-state index in [9.17, 15) is 4.21 Å². The largest absolute Gasteiger partial charge is 0.350 e. The van der Waals surface area contributed by atoms with E-state index in [1.807, 2.05) is 25.1 Å². The lowest BCUT2D eigenvalue weighted by Gasteiger charge is -2.34. The van der Waals surface area contributed by atoms with Crippen LogP contribution in [-0.4, -0.2) is 38.7 Å². The quantitative estimate of drug-likeness (QED) is 0.770. The molecule has 1 aromatic carbocycles. The summed E-state index contributed by atoms with van der Waals surface area (Å²) in [5.41, 5.74) is 0.983. The lowest BCUT2D eigenvalue weighted by Crippen LogP contribution is -2.39. The normalized spacial score (nSPS) is 19.3. The number of hydrogen-bond acceptors (Lipinski definition) is 5. The zero-order valence-corrected chi connectivity index (χ0v) is 16.3. The molecule has 1 atom stereocenters. The fourth-order valence-corrected chi connectivity index (χ4v) is 3.99. The Bertz CT molecular complexity index is 753. The maximum absolute atomic E-state index is 12.7. The second kappa shape index (κ2) is 7.03. The van der Waals surface area contributed by atoms with Gasteiger partial charge in [-0.2, -0.15) is 0 Å². The van der Waals surface area contributed by atoms with Crippen LogP contribution in [0.15, 0.2) is 38.8 Å². The molecule has 1 aliphatic rings. The highest BCUT2D eigenvalue weighted by molar-refractivity contribution is 9.10. The van der Waals surface area contributed by atoms with Crippen LogP contribution in [0, 0.1) is 12.3 Å². The minimum atomic E-state index is -1.37. The van der Waals surface area contributed by atoms with Crippen molar-refractivity contribution in [1.82, 2.24) is 15.0 Å². The van der Waals surface area contributed by atoms with Crippen molar-refractivity contribution in [3.63, 3.8) is 0 Å². The third kappa shape index (κ3) is 4.11. The first kappa shape index (κ1) is 17.7. The second-order valence-corrected chi connectivity index (χ2v) is 8.98. The molecule has 2 aromatic rings. The molecule has 0 unspecified atom stereocenters. The van der Waals surface area contributed by atoms with E-state index < -0.39 is 10.8 Å². The third-order valence-corrected chi connectivity index (χ3v) is 5.61. The summed E-state index contributed by atoms with van der Waals surface area (Å²) in [5.74, 6) is 0. The highest BCUT2D eigenvalue weighted by atomic mass is 79.9. The van der Waals surface area contributed by atoms with Crippen molar-refractivity contribution >= 4 is 26.7 Å². The standard InChI is InChI=1S/C16H20BrN3O3S/c1-11-4-5-12(17)6-13(11)24(21)14-7-20(19-18-14)8-15-22-9-16(2,3)10-23-15/h4-7,15H,8-10H2,1-3H3/t24-/m1/s1. The van der Waals surface area contributed by atoms with Gasteiger partial charge in [0.05, 0.1) is 26.0 Å². The van der Waals surface area contributed by atoms with E-state index in [4.69, 9.17) is 9.47 Å². The van der Waals surface area contributed by atoms with Crippen LogP contribution in [-0.2, 0) is 26.8 Å². The molecule has 24 heavy (non-hydrogen) atoms. The summed E-state index contributed by atoms with van der Waals surface area (Å²) in [4.78, 5) is 0.725. The van der Waals surface area contributed by atoms with Gasteiger partial charge in [-0.15, -0.1) is 5.10 Å². The first-order valence-electron chi connectivity index (χ1n) is 7.65. The number of rotatable bonds is 4. The van der Waals surface area contributed by atoms with Gasteiger partial charge in [0.25, 0.3) is 0 Å². The van der Waals surface area contributed by atoms with Crippen molar-refractivity contribution in [1.29, 1.82) is 0 Å². The van der Waals surface area contributed by atoms with E-state index in [-0.39, 0.29) is 11.7 Å². The molecule has 2 heterocycles. The summed E-state index contributed by atoms with van der Waals surface area (Å²) < 4.78 is 26.6. The Hall–Kier alpha value is -1.09. The Labute approximate surface area is 152 Å². The molecule has 0 radical (unpaired) electrons. The van der Waals surface area contributed by atoms with Gasteiger partial charge in [0.1, 0.15) is 10.8 Å². The smallest absolute Gasteiger partial charge is 0.177 e. The van der Waals surface area contributed by atoms with Crippen molar-refractivity contribution in [2.45, 2.75) is 43.5 Å². The zero-order chi connectivity index (χ0) is 17.3. The van der Waals surface area contributed by atoms with Crippen LogP contribution in [0.5, 0.6) is 0 Å². The van der Waals surface area contributed by atoms with Crippen molar-refractivity contribution < 1.29 is 13.7 Å². The summed E-state index contributed by atoms with van der Waals surface area (Å²) in [7, 11) is -1.37. The predicted molar refractivity (Wildman–Crippen MR) is 93.0 cm³/mol. The second-order valence-electron chi connectivity index (χ2n) is 6.67. The molecule has 1 aromatic heterocycles. The molecule has 1 fully saturated rings. The Morgan fingerprint density at radius 3 is 2.79 bits per heavy atom. The van der Waals surface area contributed by atoms with E-state index in [2.05, 4.69) is 40.1 Å². The summed E-state index contributed by atoms with van der Waals surface area (Å²) >= 11 is 3.41. The molecule has 0 amide bonds. The molecular weight excluding hydrogens is 394 g/mol. The zero-order valence-electron chi connectivity index (χ0n) is 13.9. The summed E-state index contributed by atoms with van der Waals surface area (Å²) in [6.07, 6.45) is 1.33. The molecule has 0 N–H and O–H groups in total. The van der Waals surface area contributed by atoms with Crippen LogP contribution >= 0.6 is 15.9 Å². The molecular formula is C16H20BrN3O3S. The van der Waals surface area contributed by atoms with Crippen LogP contribution < -0.4 is 0 Å². The van der Waals surface area contributed by atoms with Gasteiger partial charge in [0.15, 0.2) is 11.3 Å². The molecule has 0 bridgehead atoms. The fraction of sp³-hybridized carbons (Fsp3) is 0.500. The summed E-state index contributed by atoms with van der Waals surface area (Å²) in [6.45, 7) is 7.83. The van der Waals surface area contributed by atoms with Gasteiger partial charge in [-0.05, 0) is 24.6 Å². The molecule has 1 aliphatic heterocycles. The number of aryl methyl sites for hydroxylation is 1. The van der Waals surface area contributed by atoms with E-state index in [1.165, 1.54) is 0 Å². The first-order valence-corrected chi connectivity index (χ1v) is 9.60. The maximum atomic E-state index is 12.7. The van der Waals surface area contributed by atoms with E-state index in [1.54, 1.807) is 10.9 Å². The lowest BCUT2D eigenvalue weighted by atomic mass is 9.96. The summed E-state index contributed by atoms with van der Waals surface area (Å²) in [5, 5.41) is 8.51. The highest BCUT2D eigenvalue weighted by Crippen LogP contribution is 2.24. The SMILES string of the molecule is Cc1ccc(Br)cc1[S@@](=O)c1cn(CC2OCC(C)(C)CO2)nn1. The van der Waals surface area contributed by atoms with Gasteiger partial charge in [0.2, 0.25) is 0 Å². The fourth-order valence-electron chi connectivity index (χ4n) is 2.33. The monoisotopic (exact) mass is 413 g/mol. The molecule has 0 spiro atoms. The number of halogens is 1. The predicted octanol–water partition coefficient (Wildman–Crippen LogP) is 2.91. The number of nitrogens with zero attached hydrogens (tertiary/aromatic N) is 3. The Balaban J connectivity index is 1.69. The number of aromatic nitrogens is 3. The Morgan fingerprint density at radius 1 is 1.38 bits per heavy atom. The number of hydrogen-bond donors (Lipinski definition) is 0. The minimum Gasteiger partial charge on any atom is -0.350 e. The van der Waals surface area contributed by atoms with E-state index in [0.29, 0.717) is 24.8 Å². The van der Waals surface area contributed by atoms with Gasteiger partial charge < -0.3 is 9.47 Å². The minimum absolute atomic E-state index is 0.0315. The van der Waals surface area contributed by atoms with Crippen molar-refractivity contribution in [2.75, 3.05) is 13.2 Å². The van der Waals surface area contributed by atoms with Crippen molar-refractivity contribution in [3.8, 4) is 0 Å². The van der Waals surface area contributed by atoms with E-state index in [0.717, 1.165) is 14.9 Å². The average Bonchev–Trinajstić information content (AvgIpc) is 3.00. The van der Waals surface area contributed by atoms with Crippen LogP contribution in [0.4, 0.5) is 0 Å². The topological polar surface area (TPSA) is 66.2 Å². The highest BCUT2D eigenvalue weighted by Gasteiger charge is 2.28. The van der Waals surface area contributed by atoms with Gasteiger partial charge >= 0.3 is 0 Å². The van der Waals surface area contributed by atoms with Crippen molar-refractivity contribution in [3.05, 3.63) is 34.4 Å².